The predicted octanol–water partition coefficient (Wildman–Crippen LogP) is 4.03. The van der Waals surface area contributed by atoms with Gasteiger partial charge in [0.2, 0.25) is 5.89 Å². The van der Waals surface area contributed by atoms with E-state index in [2.05, 4.69) is 26.1 Å². The highest BCUT2D eigenvalue weighted by atomic mass is 79.9. The molecule has 1 unspecified atom stereocenters. The second-order valence-electron chi connectivity index (χ2n) is 3.80. The van der Waals surface area contributed by atoms with Crippen molar-refractivity contribution in [1.82, 2.24) is 10.2 Å². The molecule has 2 aromatic rings. The summed E-state index contributed by atoms with van der Waals surface area (Å²) < 4.78 is 19.1. The van der Waals surface area contributed by atoms with Crippen LogP contribution >= 0.6 is 15.9 Å². The Kier molecular flexibility index (Phi) is 3.57. The molecule has 1 aromatic heterocycles. The third-order valence-electron chi connectivity index (χ3n) is 2.42. The Balaban J connectivity index is 2.40. The third kappa shape index (κ3) is 2.54. The van der Waals surface area contributed by atoms with Crippen LogP contribution in [0.1, 0.15) is 29.6 Å². The molecule has 0 radical (unpaired) electrons. The number of halogens is 2. The van der Waals surface area contributed by atoms with Crippen molar-refractivity contribution in [2.75, 3.05) is 0 Å². The molecule has 17 heavy (non-hydrogen) atoms. The van der Waals surface area contributed by atoms with Gasteiger partial charge in [0.1, 0.15) is 5.82 Å². The zero-order valence-corrected chi connectivity index (χ0v) is 11.2. The number of hydrogen-bond donors (Lipinski definition) is 0. The highest BCUT2D eigenvalue weighted by Crippen LogP contribution is 2.29. The van der Waals surface area contributed by atoms with E-state index < -0.39 is 0 Å². The van der Waals surface area contributed by atoms with E-state index in [1.807, 2.05) is 13.8 Å². The Morgan fingerprint density at radius 3 is 2.88 bits per heavy atom. The fourth-order valence-corrected chi connectivity index (χ4v) is 1.63. The van der Waals surface area contributed by atoms with Crippen LogP contribution in [0, 0.1) is 12.7 Å². The summed E-state index contributed by atoms with van der Waals surface area (Å²) in [5.74, 6) is 0.343. The smallest absolute Gasteiger partial charge is 0.250 e. The molecule has 1 heterocycles. The highest BCUT2D eigenvalue weighted by molar-refractivity contribution is 9.09. The molecule has 5 heteroatoms. The van der Waals surface area contributed by atoms with Gasteiger partial charge in [-0.3, -0.25) is 0 Å². The molecule has 1 aromatic carbocycles. The fourth-order valence-electron chi connectivity index (χ4n) is 1.45. The van der Waals surface area contributed by atoms with Crippen molar-refractivity contribution in [1.29, 1.82) is 0 Å². The molecular formula is C12H12BrFN2O. The maximum Gasteiger partial charge on any atom is 0.250 e. The monoisotopic (exact) mass is 298 g/mol. The van der Waals surface area contributed by atoms with Crippen LogP contribution in [-0.4, -0.2) is 10.2 Å². The molecule has 0 N–H and O–H groups in total. The summed E-state index contributed by atoms with van der Waals surface area (Å²) in [5, 5.41) is 7.77. The van der Waals surface area contributed by atoms with Gasteiger partial charge in [-0.2, -0.15) is 0 Å². The molecule has 0 aliphatic rings. The topological polar surface area (TPSA) is 38.9 Å². The van der Waals surface area contributed by atoms with E-state index in [0.717, 1.165) is 12.0 Å². The van der Waals surface area contributed by atoms with Gasteiger partial charge in [0.05, 0.1) is 10.4 Å². The summed E-state index contributed by atoms with van der Waals surface area (Å²) in [4.78, 5) is 0.0108. The zero-order valence-electron chi connectivity index (χ0n) is 9.58. The van der Waals surface area contributed by atoms with Crippen molar-refractivity contribution in [2.45, 2.75) is 25.1 Å². The van der Waals surface area contributed by atoms with Gasteiger partial charge in [0.15, 0.2) is 0 Å². The number of aryl methyl sites for hydroxylation is 1. The minimum Gasteiger partial charge on any atom is -0.419 e. The molecule has 90 valence electrons. The van der Waals surface area contributed by atoms with Crippen LogP contribution in [-0.2, 0) is 0 Å². The fraction of sp³-hybridized carbons (Fsp3) is 0.333. The normalized spacial score (nSPS) is 12.7. The van der Waals surface area contributed by atoms with Crippen LogP contribution in [0.5, 0.6) is 0 Å². The molecule has 0 aliphatic carbocycles. The van der Waals surface area contributed by atoms with Gasteiger partial charge in [-0.05, 0) is 25.5 Å². The first kappa shape index (κ1) is 12.2. The van der Waals surface area contributed by atoms with E-state index in [1.165, 1.54) is 6.07 Å². The molecule has 0 bridgehead atoms. The van der Waals surface area contributed by atoms with E-state index in [0.29, 0.717) is 11.5 Å². The van der Waals surface area contributed by atoms with Crippen molar-refractivity contribution in [2.24, 2.45) is 0 Å². The van der Waals surface area contributed by atoms with Crippen molar-refractivity contribution < 1.29 is 8.81 Å². The van der Waals surface area contributed by atoms with E-state index in [-0.39, 0.29) is 16.5 Å². The van der Waals surface area contributed by atoms with Crippen LogP contribution < -0.4 is 0 Å². The SMILES string of the molecule is CCC(Br)c1nnc(-c2cc(C)ccc2F)o1. The van der Waals surface area contributed by atoms with Crippen LogP contribution in [0.2, 0.25) is 0 Å². The summed E-state index contributed by atoms with van der Waals surface area (Å²) in [6, 6.07) is 4.80. The summed E-state index contributed by atoms with van der Waals surface area (Å²) in [6.07, 6.45) is 0.831. The van der Waals surface area contributed by atoms with Gasteiger partial charge in [0.25, 0.3) is 5.89 Å². The Labute approximate surface area is 107 Å². The van der Waals surface area contributed by atoms with Crippen molar-refractivity contribution in [3.8, 4) is 11.5 Å². The van der Waals surface area contributed by atoms with Crippen LogP contribution in [0.15, 0.2) is 22.6 Å². The molecule has 0 spiro atoms. The zero-order chi connectivity index (χ0) is 12.4. The first-order chi connectivity index (χ1) is 8.11. The number of hydrogen-bond acceptors (Lipinski definition) is 3. The lowest BCUT2D eigenvalue weighted by Crippen LogP contribution is -1.86. The van der Waals surface area contributed by atoms with Crippen LogP contribution in [0.3, 0.4) is 0 Å². The predicted molar refractivity (Wildman–Crippen MR) is 66.4 cm³/mol. The molecule has 3 nitrogen and oxygen atoms in total. The van der Waals surface area contributed by atoms with Crippen molar-refractivity contribution >= 4 is 15.9 Å². The summed E-state index contributed by atoms with van der Waals surface area (Å²) >= 11 is 3.41. The highest BCUT2D eigenvalue weighted by Gasteiger charge is 2.17. The van der Waals surface area contributed by atoms with Gasteiger partial charge in [-0.15, -0.1) is 10.2 Å². The lowest BCUT2D eigenvalue weighted by molar-refractivity contribution is 0.496. The Morgan fingerprint density at radius 1 is 1.41 bits per heavy atom. The Morgan fingerprint density at radius 2 is 2.18 bits per heavy atom. The second kappa shape index (κ2) is 4.96. The van der Waals surface area contributed by atoms with Gasteiger partial charge >= 0.3 is 0 Å². The average Bonchev–Trinajstić information content (AvgIpc) is 2.80. The van der Waals surface area contributed by atoms with E-state index >= 15 is 0 Å². The first-order valence-corrected chi connectivity index (χ1v) is 6.27. The number of alkyl halides is 1. The largest absolute Gasteiger partial charge is 0.419 e. The molecule has 0 fully saturated rings. The summed E-state index contributed by atoms with van der Waals surface area (Å²) in [5.41, 5.74) is 1.30. The molecular weight excluding hydrogens is 287 g/mol. The van der Waals surface area contributed by atoms with Gasteiger partial charge in [-0.25, -0.2) is 4.39 Å². The summed E-state index contributed by atoms with van der Waals surface area (Å²) in [7, 11) is 0. The second-order valence-corrected chi connectivity index (χ2v) is 4.91. The minimum atomic E-state index is -0.353. The first-order valence-electron chi connectivity index (χ1n) is 5.35. The van der Waals surface area contributed by atoms with Crippen LogP contribution in [0.25, 0.3) is 11.5 Å². The molecule has 1 atom stereocenters. The molecule has 0 aliphatic heterocycles. The van der Waals surface area contributed by atoms with Gasteiger partial charge in [0, 0.05) is 0 Å². The number of rotatable bonds is 3. The standard InChI is InChI=1S/C12H12BrFN2O/c1-3-9(13)12-16-15-11(17-12)8-6-7(2)4-5-10(8)14/h4-6,9H,3H2,1-2H3. The number of benzene rings is 1. The third-order valence-corrected chi connectivity index (χ3v) is 3.46. The Bertz CT molecular complexity index is 527. The minimum absolute atomic E-state index is 0.0108. The molecule has 2 rings (SSSR count). The van der Waals surface area contributed by atoms with Crippen molar-refractivity contribution in [3.05, 3.63) is 35.5 Å². The summed E-state index contributed by atoms with van der Waals surface area (Å²) in [6.45, 7) is 3.89. The molecule has 0 amide bonds. The quantitative estimate of drug-likeness (QED) is 0.803. The number of aromatic nitrogens is 2. The maximum atomic E-state index is 13.6. The maximum absolute atomic E-state index is 13.6. The van der Waals surface area contributed by atoms with Gasteiger partial charge in [-0.1, -0.05) is 34.5 Å². The lowest BCUT2D eigenvalue weighted by atomic mass is 10.1. The Hall–Kier alpha value is -1.23. The molecule has 0 saturated carbocycles. The van der Waals surface area contributed by atoms with Crippen LogP contribution in [0.4, 0.5) is 4.39 Å². The molecule has 0 saturated heterocycles. The number of nitrogens with zero attached hydrogens (tertiary/aromatic N) is 2. The van der Waals surface area contributed by atoms with E-state index in [1.54, 1.807) is 12.1 Å². The van der Waals surface area contributed by atoms with Crippen molar-refractivity contribution in [3.63, 3.8) is 0 Å². The van der Waals surface area contributed by atoms with Gasteiger partial charge < -0.3 is 4.42 Å². The van der Waals surface area contributed by atoms with E-state index in [4.69, 9.17) is 4.42 Å². The average molecular weight is 299 g/mol. The lowest BCUT2D eigenvalue weighted by Gasteiger charge is -2.00. The van der Waals surface area contributed by atoms with E-state index in [9.17, 15) is 4.39 Å².